The number of aryl methyl sites for hydroxylation is 2. The van der Waals surface area contributed by atoms with Gasteiger partial charge in [-0.25, -0.2) is 0 Å². The van der Waals surface area contributed by atoms with Gasteiger partial charge in [-0.15, -0.1) is 0 Å². The van der Waals surface area contributed by atoms with Crippen LogP contribution in [0.15, 0.2) is 59.0 Å². The van der Waals surface area contributed by atoms with Crippen LogP contribution in [-0.4, -0.2) is 49.4 Å². The molecule has 0 bridgehead atoms. The topological polar surface area (TPSA) is 112 Å². The van der Waals surface area contributed by atoms with E-state index in [-0.39, 0.29) is 30.7 Å². The van der Waals surface area contributed by atoms with Crippen molar-refractivity contribution in [2.75, 3.05) is 26.2 Å². The first kappa shape index (κ1) is 26.2. The van der Waals surface area contributed by atoms with Crippen molar-refractivity contribution in [3.63, 3.8) is 0 Å². The molecular formula is C29H34N4O4. The van der Waals surface area contributed by atoms with E-state index in [1.807, 2.05) is 62.4 Å². The molecule has 3 aromatic rings. The Labute approximate surface area is 216 Å². The maximum absolute atomic E-state index is 13.2. The van der Waals surface area contributed by atoms with Crippen LogP contribution < -0.4 is 21.3 Å². The lowest BCUT2D eigenvalue weighted by atomic mass is 9.87. The third-order valence-electron chi connectivity index (χ3n) is 6.80. The third kappa shape index (κ3) is 6.65. The smallest absolute Gasteiger partial charge is 0.245 e. The van der Waals surface area contributed by atoms with E-state index in [1.165, 1.54) is 6.08 Å². The summed E-state index contributed by atoms with van der Waals surface area (Å²) in [7, 11) is 0. The van der Waals surface area contributed by atoms with E-state index in [9.17, 15) is 14.4 Å². The van der Waals surface area contributed by atoms with E-state index >= 15 is 0 Å². The fourth-order valence-corrected chi connectivity index (χ4v) is 4.61. The number of piperidine rings is 1. The number of fused-ring (bicyclic) bond motifs is 1. The van der Waals surface area contributed by atoms with Crippen LogP contribution >= 0.6 is 0 Å². The van der Waals surface area contributed by atoms with Gasteiger partial charge in [0.25, 0.3) is 0 Å². The fourth-order valence-electron chi connectivity index (χ4n) is 4.61. The Hall–Kier alpha value is -3.91. The first-order valence-electron chi connectivity index (χ1n) is 12.7. The Morgan fingerprint density at radius 1 is 1.00 bits per heavy atom. The fraction of sp³-hybridized carbons (Fsp3) is 0.345. The second-order valence-corrected chi connectivity index (χ2v) is 9.46. The quantitative estimate of drug-likeness (QED) is 0.266. The summed E-state index contributed by atoms with van der Waals surface area (Å²) in [6, 6.07) is 15.8. The van der Waals surface area contributed by atoms with Gasteiger partial charge in [0.15, 0.2) is 0 Å². The average molecular weight is 503 g/mol. The SMILES string of the molecule is Cc1cc(/C=C/C(=O)NC2(C(=O)NCCNC(=O)Cc3cccc4ccccc34)CCNCC2)oc1C. The Kier molecular flexibility index (Phi) is 8.40. The zero-order valence-electron chi connectivity index (χ0n) is 21.4. The van der Waals surface area contributed by atoms with Crippen molar-refractivity contribution in [1.29, 1.82) is 0 Å². The zero-order valence-corrected chi connectivity index (χ0v) is 21.4. The van der Waals surface area contributed by atoms with Crippen LogP contribution in [0.3, 0.4) is 0 Å². The van der Waals surface area contributed by atoms with E-state index in [4.69, 9.17) is 4.42 Å². The van der Waals surface area contributed by atoms with Crippen molar-refractivity contribution in [1.82, 2.24) is 21.3 Å². The van der Waals surface area contributed by atoms with Crippen molar-refractivity contribution in [3.8, 4) is 0 Å². The van der Waals surface area contributed by atoms with Gasteiger partial charge in [0.05, 0.1) is 6.42 Å². The minimum Gasteiger partial charge on any atom is -0.462 e. The lowest BCUT2D eigenvalue weighted by Gasteiger charge is -2.36. The van der Waals surface area contributed by atoms with Crippen molar-refractivity contribution < 1.29 is 18.8 Å². The molecule has 3 amide bonds. The van der Waals surface area contributed by atoms with Gasteiger partial charge in [-0.1, -0.05) is 42.5 Å². The third-order valence-corrected chi connectivity index (χ3v) is 6.80. The number of hydrogen-bond acceptors (Lipinski definition) is 5. The normalized spacial score (nSPS) is 15.0. The van der Waals surface area contributed by atoms with Crippen LogP contribution in [0.2, 0.25) is 0 Å². The molecule has 0 atom stereocenters. The number of carbonyl (C=O) groups is 3. The number of carbonyl (C=O) groups excluding carboxylic acids is 3. The molecule has 8 nitrogen and oxygen atoms in total. The molecule has 37 heavy (non-hydrogen) atoms. The molecule has 0 saturated carbocycles. The summed E-state index contributed by atoms with van der Waals surface area (Å²) in [4.78, 5) is 38.3. The number of amides is 3. The predicted molar refractivity (Wildman–Crippen MR) is 144 cm³/mol. The van der Waals surface area contributed by atoms with Crippen LogP contribution in [0.1, 0.15) is 35.5 Å². The summed E-state index contributed by atoms with van der Waals surface area (Å²) in [5, 5.41) is 14.1. The number of rotatable bonds is 9. The van der Waals surface area contributed by atoms with Gasteiger partial charge in [0.2, 0.25) is 17.7 Å². The molecule has 1 saturated heterocycles. The summed E-state index contributed by atoms with van der Waals surface area (Å²) in [6.45, 7) is 5.62. The molecule has 0 unspecified atom stereocenters. The van der Waals surface area contributed by atoms with Crippen molar-refractivity contribution in [3.05, 3.63) is 77.3 Å². The Balaban J connectivity index is 1.28. The molecule has 0 spiro atoms. The molecule has 8 heteroatoms. The number of hydrogen-bond donors (Lipinski definition) is 4. The highest BCUT2D eigenvalue weighted by atomic mass is 16.3. The monoisotopic (exact) mass is 502 g/mol. The number of furan rings is 1. The molecular weight excluding hydrogens is 468 g/mol. The molecule has 194 valence electrons. The molecule has 2 heterocycles. The second-order valence-electron chi connectivity index (χ2n) is 9.46. The number of benzene rings is 2. The molecule has 0 aliphatic carbocycles. The Morgan fingerprint density at radius 2 is 1.73 bits per heavy atom. The molecule has 2 aromatic carbocycles. The maximum atomic E-state index is 13.2. The van der Waals surface area contributed by atoms with E-state index < -0.39 is 5.54 Å². The first-order chi connectivity index (χ1) is 17.9. The van der Waals surface area contributed by atoms with Gasteiger partial charge in [-0.3, -0.25) is 14.4 Å². The number of nitrogens with one attached hydrogen (secondary N) is 4. The van der Waals surface area contributed by atoms with Crippen LogP contribution in [0.5, 0.6) is 0 Å². The maximum Gasteiger partial charge on any atom is 0.245 e. The van der Waals surface area contributed by atoms with Crippen LogP contribution in [-0.2, 0) is 20.8 Å². The largest absolute Gasteiger partial charge is 0.462 e. The molecule has 4 N–H and O–H groups in total. The predicted octanol–water partition coefficient (Wildman–Crippen LogP) is 2.78. The van der Waals surface area contributed by atoms with E-state index in [1.54, 1.807) is 6.08 Å². The highest BCUT2D eigenvalue weighted by molar-refractivity contribution is 5.97. The van der Waals surface area contributed by atoms with Gasteiger partial charge >= 0.3 is 0 Å². The molecule has 0 radical (unpaired) electrons. The van der Waals surface area contributed by atoms with E-state index in [0.29, 0.717) is 38.2 Å². The van der Waals surface area contributed by atoms with Gasteiger partial charge in [-0.05, 0) is 73.8 Å². The first-order valence-corrected chi connectivity index (χ1v) is 12.7. The van der Waals surface area contributed by atoms with Crippen LogP contribution in [0.25, 0.3) is 16.8 Å². The zero-order chi connectivity index (χ0) is 26.3. The molecule has 1 aromatic heterocycles. The summed E-state index contributed by atoms with van der Waals surface area (Å²) < 4.78 is 5.58. The van der Waals surface area contributed by atoms with Gasteiger partial charge in [-0.2, -0.15) is 0 Å². The minimum absolute atomic E-state index is 0.107. The molecule has 4 rings (SSSR count). The average Bonchev–Trinajstić information content (AvgIpc) is 3.23. The molecule has 1 fully saturated rings. The standard InChI is InChI=1S/C29H34N4O4/c1-20-18-24(37-21(20)2)10-11-26(34)33-29(12-14-30-15-13-29)28(36)32-17-16-31-27(35)19-23-8-5-7-22-6-3-4-9-25(22)23/h3-11,18,30H,12-17,19H2,1-2H3,(H,31,35)(H,32,36)(H,33,34)/b11-10+. The van der Waals surface area contributed by atoms with E-state index in [2.05, 4.69) is 21.3 Å². The minimum atomic E-state index is -1.01. The highest BCUT2D eigenvalue weighted by Gasteiger charge is 2.40. The van der Waals surface area contributed by atoms with Crippen LogP contribution in [0, 0.1) is 13.8 Å². The Morgan fingerprint density at radius 3 is 2.49 bits per heavy atom. The van der Waals surface area contributed by atoms with Gasteiger partial charge in [0.1, 0.15) is 17.1 Å². The van der Waals surface area contributed by atoms with Crippen molar-refractivity contribution in [2.24, 2.45) is 0 Å². The Bertz CT molecular complexity index is 1280. The summed E-state index contributed by atoms with van der Waals surface area (Å²) in [5.41, 5.74) is 0.969. The summed E-state index contributed by atoms with van der Waals surface area (Å²) in [5.74, 6) is 0.687. The lowest BCUT2D eigenvalue weighted by molar-refractivity contribution is -0.133. The lowest BCUT2D eigenvalue weighted by Crippen LogP contribution is -2.63. The summed E-state index contributed by atoms with van der Waals surface area (Å²) >= 11 is 0. The second kappa shape index (κ2) is 11.9. The van der Waals surface area contributed by atoms with Crippen molar-refractivity contribution in [2.45, 2.75) is 38.6 Å². The molecule has 1 aliphatic heterocycles. The van der Waals surface area contributed by atoms with E-state index in [0.717, 1.165) is 27.7 Å². The van der Waals surface area contributed by atoms with Crippen molar-refractivity contribution >= 4 is 34.6 Å². The summed E-state index contributed by atoms with van der Waals surface area (Å²) in [6.07, 6.45) is 4.22. The highest BCUT2D eigenvalue weighted by Crippen LogP contribution is 2.20. The van der Waals surface area contributed by atoms with Gasteiger partial charge < -0.3 is 25.7 Å². The van der Waals surface area contributed by atoms with Gasteiger partial charge in [0, 0.05) is 19.2 Å². The molecule has 1 aliphatic rings. The van der Waals surface area contributed by atoms with Crippen LogP contribution in [0.4, 0.5) is 0 Å².